The van der Waals surface area contributed by atoms with Gasteiger partial charge >= 0.3 is 0 Å². The van der Waals surface area contributed by atoms with Crippen LogP contribution in [0.15, 0.2) is 53.3 Å². The molecule has 0 aliphatic rings. The third-order valence-electron chi connectivity index (χ3n) is 3.50. The van der Waals surface area contributed by atoms with Crippen LogP contribution in [0.2, 0.25) is 0 Å². The number of fused-ring (bicyclic) bond motifs is 1. The molecule has 2 N–H and O–H groups in total. The van der Waals surface area contributed by atoms with Gasteiger partial charge in [-0.05, 0) is 36.1 Å². The van der Waals surface area contributed by atoms with E-state index in [2.05, 4.69) is 22.3 Å². The van der Waals surface area contributed by atoms with E-state index in [9.17, 15) is 4.79 Å². The number of ether oxygens (including phenoxy) is 1. The number of aromatic nitrogens is 2. The molecular weight excluding hydrogens is 264 g/mol. The monoisotopic (exact) mass is 282 g/mol. The zero-order chi connectivity index (χ0) is 14.5. The van der Waals surface area contributed by atoms with Gasteiger partial charge in [0.05, 0.1) is 17.5 Å². The molecular formula is C17H18N2O2. The molecule has 3 rings (SSSR count). The topological polar surface area (TPSA) is 57.9 Å². The third-order valence-corrected chi connectivity index (χ3v) is 3.50. The maximum atomic E-state index is 11.6. The molecule has 0 atom stereocenters. The number of hydrogen-bond acceptors (Lipinski definition) is 2. The van der Waals surface area contributed by atoms with Gasteiger partial charge in [0.15, 0.2) is 0 Å². The normalized spacial score (nSPS) is 11.0. The zero-order valence-corrected chi connectivity index (χ0v) is 11.8. The average molecular weight is 282 g/mol. The standard InChI is InChI=1S/C17H18N2O2/c20-17-15-11-13(8-9-16(15)18-19-17)7-4-10-21-12-14-5-2-1-3-6-14/h1-3,5-6,8-9,11H,4,7,10,12H2,(H2,18,19,20). The summed E-state index contributed by atoms with van der Waals surface area (Å²) in [5.41, 5.74) is 3.14. The maximum Gasteiger partial charge on any atom is 0.271 e. The predicted octanol–water partition coefficient (Wildman–Crippen LogP) is 3.01. The van der Waals surface area contributed by atoms with Crippen molar-refractivity contribution >= 4 is 10.9 Å². The van der Waals surface area contributed by atoms with Gasteiger partial charge < -0.3 is 4.74 Å². The molecule has 0 radical (unpaired) electrons. The van der Waals surface area contributed by atoms with Crippen LogP contribution in [-0.4, -0.2) is 16.8 Å². The Balaban J connectivity index is 1.48. The Morgan fingerprint density at radius 3 is 2.67 bits per heavy atom. The molecule has 4 nitrogen and oxygen atoms in total. The van der Waals surface area contributed by atoms with Gasteiger partial charge in [-0.15, -0.1) is 0 Å². The summed E-state index contributed by atoms with van der Waals surface area (Å²) < 4.78 is 5.66. The van der Waals surface area contributed by atoms with Crippen LogP contribution in [0.5, 0.6) is 0 Å². The second-order valence-electron chi connectivity index (χ2n) is 5.10. The lowest BCUT2D eigenvalue weighted by molar-refractivity contribution is 0.118. The SMILES string of the molecule is O=c1[nH][nH]c2ccc(CCCOCc3ccccc3)cc12. The van der Waals surface area contributed by atoms with Crippen LogP contribution in [0, 0.1) is 0 Å². The van der Waals surface area contributed by atoms with Crippen molar-refractivity contribution in [3.63, 3.8) is 0 Å². The average Bonchev–Trinajstić information content (AvgIpc) is 2.89. The summed E-state index contributed by atoms with van der Waals surface area (Å²) in [4.78, 5) is 11.6. The summed E-state index contributed by atoms with van der Waals surface area (Å²) in [6.45, 7) is 1.37. The van der Waals surface area contributed by atoms with Crippen molar-refractivity contribution in [2.24, 2.45) is 0 Å². The van der Waals surface area contributed by atoms with Crippen molar-refractivity contribution in [2.45, 2.75) is 19.4 Å². The van der Waals surface area contributed by atoms with E-state index in [1.54, 1.807) is 0 Å². The van der Waals surface area contributed by atoms with Gasteiger partial charge in [0.1, 0.15) is 0 Å². The fourth-order valence-electron chi connectivity index (χ4n) is 2.38. The Morgan fingerprint density at radius 1 is 0.952 bits per heavy atom. The minimum atomic E-state index is -0.0628. The molecule has 0 saturated heterocycles. The highest BCUT2D eigenvalue weighted by molar-refractivity contribution is 5.78. The Kier molecular flexibility index (Phi) is 4.17. The minimum Gasteiger partial charge on any atom is -0.377 e. The molecule has 2 aromatic carbocycles. The van der Waals surface area contributed by atoms with E-state index >= 15 is 0 Å². The fraction of sp³-hybridized carbons (Fsp3) is 0.235. The lowest BCUT2D eigenvalue weighted by Gasteiger charge is -2.05. The minimum absolute atomic E-state index is 0.0628. The molecule has 0 aliphatic heterocycles. The van der Waals surface area contributed by atoms with E-state index in [4.69, 9.17) is 4.74 Å². The summed E-state index contributed by atoms with van der Waals surface area (Å²) in [5, 5.41) is 6.16. The van der Waals surface area contributed by atoms with Crippen LogP contribution < -0.4 is 5.56 Å². The molecule has 0 unspecified atom stereocenters. The molecule has 0 aliphatic carbocycles. The van der Waals surface area contributed by atoms with Crippen LogP contribution in [0.3, 0.4) is 0 Å². The summed E-state index contributed by atoms with van der Waals surface area (Å²) in [6.07, 6.45) is 1.86. The largest absolute Gasteiger partial charge is 0.377 e. The van der Waals surface area contributed by atoms with E-state index in [1.807, 2.05) is 36.4 Å². The number of rotatable bonds is 6. The first kappa shape index (κ1) is 13.6. The molecule has 1 heterocycles. The number of benzene rings is 2. The fourth-order valence-corrected chi connectivity index (χ4v) is 2.38. The van der Waals surface area contributed by atoms with Crippen molar-refractivity contribution in [1.29, 1.82) is 0 Å². The van der Waals surface area contributed by atoms with Crippen molar-refractivity contribution in [3.05, 3.63) is 70.0 Å². The first-order valence-corrected chi connectivity index (χ1v) is 7.14. The highest BCUT2D eigenvalue weighted by atomic mass is 16.5. The highest BCUT2D eigenvalue weighted by Gasteiger charge is 2.02. The Bertz CT molecular complexity index is 759. The summed E-state index contributed by atoms with van der Waals surface area (Å²) in [5.74, 6) is 0. The Labute approximate surface area is 122 Å². The number of H-pyrrole nitrogens is 2. The van der Waals surface area contributed by atoms with Gasteiger partial charge in [0, 0.05) is 6.61 Å². The Hall–Kier alpha value is -2.33. The predicted molar refractivity (Wildman–Crippen MR) is 83.3 cm³/mol. The van der Waals surface area contributed by atoms with E-state index in [-0.39, 0.29) is 5.56 Å². The van der Waals surface area contributed by atoms with Gasteiger partial charge in [-0.25, -0.2) is 0 Å². The first-order valence-electron chi connectivity index (χ1n) is 7.14. The van der Waals surface area contributed by atoms with Gasteiger partial charge in [-0.2, -0.15) is 0 Å². The maximum absolute atomic E-state index is 11.6. The molecule has 0 saturated carbocycles. The number of nitrogens with one attached hydrogen (secondary N) is 2. The molecule has 4 heteroatoms. The molecule has 0 fully saturated rings. The third kappa shape index (κ3) is 3.41. The van der Waals surface area contributed by atoms with Crippen LogP contribution in [0.25, 0.3) is 10.9 Å². The molecule has 3 aromatic rings. The van der Waals surface area contributed by atoms with Crippen LogP contribution in [0.1, 0.15) is 17.5 Å². The lowest BCUT2D eigenvalue weighted by Crippen LogP contribution is -1.99. The molecule has 0 bridgehead atoms. The van der Waals surface area contributed by atoms with Gasteiger partial charge in [0.25, 0.3) is 5.56 Å². The van der Waals surface area contributed by atoms with E-state index < -0.39 is 0 Å². The molecule has 1 aromatic heterocycles. The van der Waals surface area contributed by atoms with E-state index in [1.165, 1.54) is 5.56 Å². The summed E-state index contributed by atoms with van der Waals surface area (Å²) >= 11 is 0. The van der Waals surface area contributed by atoms with Crippen LogP contribution in [0.4, 0.5) is 0 Å². The molecule has 21 heavy (non-hydrogen) atoms. The second-order valence-corrected chi connectivity index (χ2v) is 5.10. The van der Waals surface area contributed by atoms with Gasteiger partial charge in [0.2, 0.25) is 0 Å². The highest BCUT2D eigenvalue weighted by Crippen LogP contribution is 2.11. The number of aryl methyl sites for hydroxylation is 1. The smallest absolute Gasteiger partial charge is 0.271 e. The summed E-state index contributed by atoms with van der Waals surface area (Å²) in [6, 6.07) is 16.1. The zero-order valence-electron chi connectivity index (χ0n) is 11.8. The van der Waals surface area contributed by atoms with E-state index in [0.29, 0.717) is 6.61 Å². The Morgan fingerprint density at radius 2 is 1.81 bits per heavy atom. The van der Waals surface area contributed by atoms with Crippen LogP contribution in [-0.2, 0) is 17.8 Å². The first-order chi connectivity index (χ1) is 10.3. The van der Waals surface area contributed by atoms with E-state index in [0.717, 1.165) is 35.9 Å². The quantitative estimate of drug-likeness (QED) is 0.683. The van der Waals surface area contributed by atoms with Gasteiger partial charge in [-0.1, -0.05) is 36.4 Å². The molecule has 0 spiro atoms. The molecule has 0 amide bonds. The van der Waals surface area contributed by atoms with Gasteiger partial charge in [-0.3, -0.25) is 15.0 Å². The summed E-state index contributed by atoms with van der Waals surface area (Å²) in [7, 11) is 0. The number of hydrogen-bond donors (Lipinski definition) is 2. The van der Waals surface area contributed by atoms with Crippen LogP contribution >= 0.6 is 0 Å². The number of aromatic amines is 2. The second kappa shape index (κ2) is 6.41. The van der Waals surface area contributed by atoms with Crippen molar-refractivity contribution in [3.8, 4) is 0 Å². The van der Waals surface area contributed by atoms with Crippen molar-refractivity contribution < 1.29 is 4.74 Å². The molecule has 108 valence electrons. The van der Waals surface area contributed by atoms with Crippen molar-refractivity contribution in [1.82, 2.24) is 10.2 Å². The lowest BCUT2D eigenvalue weighted by atomic mass is 10.1. The van der Waals surface area contributed by atoms with Crippen molar-refractivity contribution in [2.75, 3.05) is 6.61 Å².